The molecule has 156 valence electrons. The summed E-state index contributed by atoms with van der Waals surface area (Å²) in [6.45, 7) is 1.95. The van der Waals surface area contributed by atoms with E-state index in [1.165, 1.54) is 22.9 Å². The summed E-state index contributed by atoms with van der Waals surface area (Å²) < 4.78 is 46.7. The van der Waals surface area contributed by atoms with Crippen LogP contribution in [0.2, 0.25) is 0 Å². The number of anilines is 1. The van der Waals surface area contributed by atoms with E-state index in [0.717, 1.165) is 12.1 Å². The second kappa shape index (κ2) is 8.68. The van der Waals surface area contributed by atoms with Gasteiger partial charge in [-0.05, 0) is 61.5 Å². The van der Waals surface area contributed by atoms with Crippen LogP contribution in [0.15, 0.2) is 60.8 Å². The first-order valence-corrected chi connectivity index (χ1v) is 8.75. The molecule has 0 radical (unpaired) electrons. The molecule has 1 heterocycles. The molecule has 0 saturated carbocycles. The molecule has 0 unspecified atom stereocenters. The predicted molar refractivity (Wildman–Crippen MR) is 101 cm³/mol. The summed E-state index contributed by atoms with van der Waals surface area (Å²) in [5.41, 5.74) is 1.46. The van der Waals surface area contributed by atoms with Crippen molar-refractivity contribution in [3.8, 4) is 11.4 Å². The number of ether oxygens (including phenoxy) is 2. The van der Waals surface area contributed by atoms with Crippen LogP contribution in [-0.2, 0) is 4.74 Å². The van der Waals surface area contributed by atoms with Gasteiger partial charge in [-0.25, -0.2) is 9.48 Å². The van der Waals surface area contributed by atoms with Gasteiger partial charge >= 0.3 is 12.3 Å². The Morgan fingerprint density at radius 3 is 2.30 bits per heavy atom. The summed E-state index contributed by atoms with van der Waals surface area (Å²) in [6, 6.07) is 12.7. The van der Waals surface area contributed by atoms with Crippen molar-refractivity contribution < 1.29 is 32.2 Å². The van der Waals surface area contributed by atoms with E-state index in [0.29, 0.717) is 11.4 Å². The van der Waals surface area contributed by atoms with Crippen LogP contribution in [0.4, 0.5) is 18.9 Å². The van der Waals surface area contributed by atoms with Crippen molar-refractivity contribution in [1.29, 1.82) is 0 Å². The standard InChI is InChI=1S/C20H16F3N3O4/c1-2-29-19(28)17-11-12-26(25-17)15-7-5-14(6-8-15)24-18(27)13-3-9-16(10-4-13)30-20(21,22)23/h3-12H,2H2,1H3,(H,24,27). The van der Waals surface area contributed by atoms with Crippen molar-refractivity contribution in [3.63, 3.8) is 0 Å². The third-order valence-electron chi connectivity index (χ3n) is 3.81. The van der Waals surface area contributed by atoms with Crippen molar-refractivity contribution in [1.82, 2.24) is 9.78 Å². The van der Waals surface area contributed by atoms with E-state index in [4.69, 9.17) is 4.74 Å². The Kier molecular flexibility index (Phi) is 6.05. The molecule has 0 fully saturated rings. The zero-order valence-electron chi connectivity index (χ0n) is 15.6. The number of hydrogen-bond donors (Lipinski definition) is 1. The second-order valence-corrected chi connectivity index (χ2v) is 5.94. The number of halogens is 3. The molecule has 0 atom stereocenters. The average molecular weight is 419 g/mol. The van der Waals surface area contributed by atoms with Gasteiger partial charge < -0.3 is 14.8 Å². The fraction of sp³-hybridized carbons (Fsp3) is 0.150. The van der Waals surface area contributed by atoms with Gasteiger partial charge in [0.15, 0.2) is 5.69 Å². The van der Waals surface area contributed by atoms with Crippen molar-refractivity contribution in [2.24, 2.45) is 0 Å². The molecule has 0 aliphatic heterocycles. The van der Waals surface area contributed by atoms with Gasteiger partial charge in [-0.2, -0.15) is 5.10 Å². The summed E-state index contributed by atoms with van der Waals surface area (Å²) >= 11 is 0. The lowest BCUT2D eigenvalue weighted by molar-refractivity contribution is -0.274. The first kappa shape index (κ1) is 20.9. The van der Waals surface area contributed by atoms with Crippen molar-refractivity contribution >= 4 is 17.6 Å². The minimum Gasteiger partial charge on any atom is -0.461 e. The number of benzene rings is 2. The molecule has 10 heteroatoms. The molecule has 0 saturated heterocycles. The number of nitrogens with zero attached hydrogens (tertiary/aromatic N) is 2. The minimum atomic E-state index is -4.79. The van der Waals surface area contributed by atoms with E-state index in [-0.39, 0.29) is 17.9 Å². The van der Waals surface area contributed by atoms with Crippen molar-refractivity contribution in [2.75, 3.05) is 11.9 Å². The molecular weight excluding hydrogens is 403 g/mol. The Balaban J connectivity index is 1.64. The SMILES string of the molecule is CCOC(=O)c1ccn(-c2ccc(NC(=O)c3ccc(OC(F)(F)F)cc3)cc2)n1. The van der Waals surface area contributed by atoms with Crippen LogP contribution in [0.5, 0.6) is 5.75 Å². The molecule has 1 N–H and O–H groups in total. The highest BCUT2D eigenvalue weighted by molar-refractivity contribution is 6.04. The quantitative estimate of drug-likeness (QED) is 0.606. The van der Waals surface area contributed by atoms with E-state index in [1.807, 2.05) is 0 Å². The van der Waals surface area contributed by atoms with Crippen LogP contribution in [0.1, 0.15) is 27.8 Å². The lowest BCUT2D eigenvalue weighted by Crippen LogP contribution is -2.17. The molecule has 30 heavy (non-hydrogen) atoms. The third kappa shape index (κ3) is 5.37. The second-order valence-electron chi connectivity index (χ2n) is 5.94. The topological polar surface area (TPSA) is 82.5 Å². The van der Waals surface area contributed by atoms with Crippen LogP contribution in [0.3, 0.4) is 0 Å². The van der Waals surface area contributed by atoms with Crippen LogP contribution < -0.4 is 10.1 Å². The number of esters is 1. The number of amides is 1. The maximum Gasteiger partial charge on any atom is 0.573 e. The lowest BCUT2D eigenvalue weighted by Gasteiger charge is -2.10. The van der Waals surface area contributed by atoms with Gasteiger partial charge in [-0.3, -0.25) is 4.79 Å². The Morgan fingerprint density at radius 1 is 1.03 bits per heavy atom. The summed E-state index contributed by atoms with van der Waals surface area (Å²) in [5, 5.41) is 6.77. The Labute approximate surface area is 169 Å². The summed E-state index contributed by atoms with van der Waals surface area (Å²) in [6.07, 6.45) is -3.19. The first-order chi connectivity index (χ1) is 14.2. The lowest BCUT2D eigenvalue weighted by atomic mass is 10.2. The van der Waals surface area contributed by atoms with Crippen LogP contribution in [-0.4, -0.2) is 34.6 Å². The van der Waals surface area contributed by atoms with E-state index < -0.39 is 24.0 Å². The normalized spacial score (nSPS) is 11.1. The smallest absolute Gasteiger partial charge is 0.461 e. The predicted octanol–water partition coefficient (Wildman–Crippen LogP) is 4.20. The monoisotopic (exact) mass is 419 g/mol. The molecule has 0 spiro atoms. The molecule has 0 bridgehead atoms. The van der Waals surface area contributed by atoms with Gasteiger partial charge in [0.05, 0.1) is 12.3 Å². The summed E-state index contributed by atoms with van der Waals surface area (Å²) in [7, 11) is 0. The maximum absolute atomic E-state index is 12.3. The molecular formula is C20H16F3N3O4. The summed E-state index contributed by atoms with van der Waals surface area (Å²) in [4.78, 5) is 23.9. The number of carbonyl (C=O) groups excluding carboxylic acids is 2. The zero-order valence-corrected chi connectivity index (χ0v) is 15.6. The number of aromatic nitrogens is 2. The largest absolute Gasteiger partial charge is 0.573 e. The first-order valence-electron chi connectivity index (χ1n) is 8.75. The third-order valence-corrected chi connectivity index (χ3v) is 3.81. The molecule has 1 aromatic heterocycles. The molecule has 7 nitrogen and oxygen atoms in total. The average Bonchev–Trinajstić information content (AvgIpc) is 3.18. The Morgan fingerprint density at radius 2 is 1.70 bits per heavy atom. The number of carbonyl (C=O) groups is 2. The molecule has 1 amide bonds. The molecule has 2 aromatic carbocycles. The van der Waals surface area contributed by atoms with E-state index in [1.54, 1.807) is 37.4 Å². The summed E-state index contributed by atoms with van der Waals surface area (Å²) in [5.74, 6) is -1.43. The van der Waals surface area contributed by atoms with Gasteiger partial charge in [0, 0.05) is 17.4 Å². The van der Waals surface area contributed by atoms with Crippen LogP contribution >= 0.6 is 0 Å². The highest BCUT2D eigenvalue weighted by atomic mass is 19.4. The van der Waals surface area contributed by atoms with Crippen LogP contribution in [0, 0.1) is 0 Å². The van der Waals surface area contributed by atoms with E-state index in [2.05, 4.69) is 15.2 Å². The van der Waals surface area contributed by atoms with Gasteiger partial charge in [0.25, 0.3) is 5.91 Å². The van der Waals surface area contributed by atoms with Crippen LogP contribution in [0.25, 0.3) is 5.69 Å². The number of rotatable bonds is 6. The van der Waals surface area contributed by atoms with Gasteiger partial charge in [0.1, 0.15) is 5.75 Å². The minimum absolute atomic E-state index is 0.166. The fourth-order valence-electron chi connectivity index (χ4n) is 2.49. The van der Waals surface area contributed by atoms with Gasteiger partial charge in [-0.15, -0.1) is 13.2 Å². The Bertz CT molecular complexity index is 1030. The van der Waals surface area contributed by atoms with E-state index in [9.17, 15) is 22.8 Å². The highest BCUT2D eigenvalue weighted by Gasteiger charge is 2.31. The molecule has 0 aliphatic rings. The Hall–Kier alpha value is -3.82. The molecule has 3 rings (SSSR count). The van der Waals surface area contributed by atoms with Gasteiger partial charge in [-0.1, -0.05) is 0 Å². The highest BCUT2D eigenvalue weighted by Crippen LogP contribution is 2.23. The molecule has 0 aliphatic carbocycles. The van der Waals surface area contributed by atoms with E-state index >= 15 is 0 Å². The zero-order chi connectivity index (χ0) is 21.7. The van der Waals surface area contributed by atoms with Crippen molar-refractivity contribution in [2.45, 2.75) is 13.3 Å². The van der Waals surface area contributed by atoms with Gasteiger partial charge in [0.2, 0.25) is 0 Å². The number of nitrogens with one attached hydrogen (secondary N) is 1. The maximum atomic E-state index is 12.3. The molecule has 3 aromatic rings. The number of hydrogen-bond acceptors (Lipinski definition) is 5. The van der Waals surface area contributed by atoms with Crippen molar-refractivity contribution in [3.05, 3.63) is 72.1 Å². The fourth-order valence-corrected chi connectivity index (χ4v) is 2.49. The number of alkyl halides is 3.